The third-order valence-corrected chi connectivity index (χ3v) is 3.79. The summed E-state index contributed by atoms with van der Waals surface area (Å²) >= 11 is 0. The Labute approximate surface area is 118 Å². The van der Waals surface area contributed by atoms with Crippen molar-refractivity contribution in [3.05, 3.63) is 29.7 Å². The molecule has 1 aliphatic heterocycles. The Balaban J connectivity index is 1.64. The molecule has 1 atom stereocenters. The van der Waals surface area contributed by atoms with Crippen LogP contribution in [0.15, 0.2) is 16.8 Å². The molecule has 1 aliphatic rings. The normalized spacial score (nSPS) is 20.1. The van der Waals surface area contributed by atoms with Gasteiger partial charge in [0.05, 0.1) is 11.6 Å². The second-order valence-electron chi connectivity index (χ2n) is 5.76. The maximum atomic E-state index is 5.29. The predicted molar refractivity (Wildman–Crippen MR) is 74.3 cm³/mol. The molecule has 0 saturated carbocycles. The molecule has 0 aliphatic carbocycles. The van der Waals surface area contributed by atoms with E-state index in [0.717, 1.165) is 37.8 Å². The fraction of sp³-hybridized carbons (Fsp3) is 0.643. The first kappa shape index (κ1) is 13.3. The molecule has 0 unspecified atom stereocenters. The maximum absolute atomic E-state index is 5.29. The van der Waals surface area contributed by atoms with Gasteiger partial charge in [0.15, 0.2) is 5.82 Å². The van der Waals surface area contributed by atoms with Gasteiger partial charge in [-0.05, 0) is 39.8 Å². The highest BCUT2D eigenvalue weighted by atomic mass is 16.5. The number of hydrogen-bond donors (Lipinski definition) is 0. The number of aromatic nitrogens is 4. The standard InChI is InChI=1S/C14H21N5O/c1-10(2)19-13(4-6-15-19)9-18-7-5-12(8-18)14-16-11(3)17-20-14/h4,6,10,12H,5,7-9H2,1-3H3/t12-/m1/s1. The molecule has 0 aromatic carbocycles. The van der Waals surface area contributed by atoms with Crippen molar-refractivity contribution in [3.8, 4) is 0 Å². The van der Waals surface area contributed by atoms with Gasteiger partial charge in [0.1, 0.15) is 0 Å². The number of nitrogens with zero attached hydrogens (tertiary/aromatic N) is 5. The number of likely N-dealkylation sites (tertiary alicyclic amines) is 1. The van der Waals surface area contributed by atoms with Gasteiger partial charge in [-0.3, -0.25) is 9.58 Å². The van der Waals surface area contributed by atoms with E-state index >= 15 is 0 Å². The zero-order valence-electron chi connectivity index (χ0n) is 12.3. The van der Waals surface area contributed by atoms with Crippen LogP contribution in [0.5, 0.6) is 0 Å². The minimum atomic E-state index is 0.367. The molecule has 3 rings (SSSR count). The molecule has 0 bridgehead atoms. The highest BCUT2D eigenvalue weighted by Crippen LogP contribution is 2.27. The van der Waals surface area contributed by atoms with E-state index in [2.05, 4.69) is 44.7 Å². The molecule has 6 nitrogen and oxygen atoms in total. The van der Waals surface area contributed by atoms with Crippen LogP contribution in [0.25, 0.3) is 0 Å². The summed E-state index contributed by atoms with van der Waals surface area (Å²) < 4.78 is 7.38. The van der Waals surface area contributed by atoms with Crippen LogP contribution in [-0.4, -0.2) is 37.9 Å². The highest BCUT2D eigenvalue weighted by molar-refractivity contribution is 5.04. The molecule has 0 spiro atoms. The molecule has 1 saturated heterocycles. The summed E-state index contributed by atoms with van der Waals surface area (Å²) in [4.78, 5) is 6.78. The van der Waals surface area contributed by atoms with E-state index in [0.29, 0.717) is 12.0 Å². The average Bonchev–Trinajstić information content (AvgIpc) is 3.09. The smallest absolute Gasteiger partial charge is 0.231 e. The van der Waals surface area contributed by atoms with Gasteiger partial charge in [0.2, 0.25) is 5.89 Å². The topological polar surface area (TPSA) is 60.0 Å². The van der Waals surface area contributed by atoms with Crippen LogP contribution >= 0.6 is 0 Å². The van der Waals surface area contributed by atoms with E-state index in [1.807, 2.05) is 13.1 Å². The van der Waals surface area contributed by atoms with Crippen LogP contribution in [0.2, 0.25) is 0 Å². The quantitative estimate of drug-likeness (QED) is 0.855. The zero-order valence-corrected chi connectivity index (χ0v) is 12.3. The monoisotopic (exact) mass is 275 g/mol. The molecule has 2 aromatic rings. The van der Waals surface area contributed by atoms with Gasteiger partial charge >= 0.3 is 0 Å². The number of hydrogen-bond acceptors (Lipinski definition) is 5. The largest absolute Gasteiger partial charge is 0.339 e. The first-order valence-corrected chi connectivity index (χ1v) is 7.18. The molecular weight excluding hydrogens is 254 g/mol. The molecular formula is C14H21N5O. The van der Waals surface area contributed by atoms with Crippen LogP contribution in [0, 0.1) is 6.92 Å². The van der Waals surface area contributed by atoms with Gasteiger partial charge in [0.25, 0.3) is 0 Å². The van der Waals surface area contributed by atoms with E-state index in [1.165, 1.54) is 5.69 Å². The summed E-state index contributed by atoms with van der Waals surface area (Å²) in [5, 5.41) is 8.27. The van der Waals surface area contributed by atoms with Crippen LogP contribution < -0.4 is 0 Å². The van der Waals surface area contributed by atoms with Gasteiger partial charge in [-0.1, -0.05) is 5.16 Å². The summed E-state index contributed by atoms with van der Waals surface area (Å²) in [6, 6.07) is 2.50. The second kappa shape index (κ2) is 5.36. The lowest BCUT2D eigenvalue weighted by molar-refractivity contribution is 0.297. The van der Waals surface area contributed by atoms with Crippen molar-refractivity contribution < 1.29 is 4.52 Å². The van der Waals surface area contributed by atoms with Crippen molar-refractivity contribution in [2.24, 2.45) is 0 Å². The van der Waals surface area contributed by atoms with Crippen LogP contribution in [-0.2, 0) is 6.54 Å². The lowest BCUT2D eigenvalue weighted by Gasteiger charge is -2.17. The fourth-order valence-electron chi connectivity index (χ4n) is 2.82. The maximum Gasteiger partial charge on any atom is 0.231 e. The van der Waals surface area contributed by atoms with Gasteiger partial charge in [-0.25, -0.2) is 0 Å². The lowest BCUT2D eigenvalue weighted by Crippen LogP contribution is -2.22. The molecule has 108 valence electrons. The van der Waals surface area contributed by atoms with Crippen molar-refractivity contribution in [1.82, 2.24) is 24.8 Å². The molecule has 1 fully saturated rings. The van der Waals surface area contributed by atoms with Gasteiger partial charge in [-0.15, -0.1) is 0 Å². The third-order valence-electron chi connectivity index (χ3n) is 3.79. The van der Waals surface area contributed by atoms with Crippen LogP contribution in [0.4, 0.5) is 0 Å². The molecule has 0 N–H and O–H groups in total. The van der Waals surface area contributed by atoms with Crippen LogP contribution in [0.1, 0.15) is 49.6 Å². The average molecular weight is 275 g/mol. The minimum absolute atomic E-state index is 0.367. The summed E-state index contributed by atoms with van der Waals surface area (Å²) in [7, 11) is 0. The SMILES string of the molecule is Cc1noc([C@@H]2CCN(Cc3ccnn3C(C)C)C2)n1. The molecule has 6 heteroatoms. The van der Waals surface area contributed by atoms with Gasteiger partial charge < -0.3 is 4.52 Å². The third kappa shape index (κ3) is 2.60. The van der Waals surface area contributed by atoms with Crippen molar-refractivity contribution in [1.29, 1.82) is 0 Å². The predicted octanol–water partition coefficient (Wildman–Crippen LogP) is 2.14. The molecule has 2 aromatic heterocycles. The van der Waals surface area contributed by atoms with Gasteiger partial charge in [0, 0.05) is 25.3 Å². The Morgan fingerprint density at radius 2 is 2.30 bits per heavy atom. The van der Waals surface area contributed by atoms with E-state index < -0.39 is 0 Å². The Hall–Kier alpha value is -1.69. The minimum Gasteiger partial charge on any atom is -0.339 e. The first-order valence-electron chi connectivity index (χ1n) is 7.18. The van der Waals surface area contributed by atoms with E-state index in [-0.39, 0.29) is 0 Å². The molecule has 0 radical (unpaired) electrons. The van der Waals surface area contributed by atoms with Crippen LogP contribution in [0.3, 0.4) is 0 Å². The first-order chi connectivity index (χ1) is 9.63. The molecule has 3 heterocycles. The van der Waals surface area contributed by atoms with Crippen molar-refractivity contribution in [3.63, 3.8) is 0 Å². The zero-order chi connectivity index (χ0) is 14.1. The van der Waals surface area contributed by atoms with E-state index in [9.17, 15) is 0 Å². The van der Waals surface area contributed by atoms with E-state index in [4.69, 9.17) is 4.52 Å². The fourth-order valence-corrected chi connectivity index (χ4v) is 2.82. The van der Waals surface area contributed by atoms with Crippen molar-refractivity contribution >= 4 is 0 Å². The summed E-state index contributed by atoms with van der Waals surface area (Å²) in [6.45, 7) is 9.15. The Bertz CT molecular complexity index is 574. The summed E-state index contributed by atoms with van der Waals surface area (Å²) in [5.74, 6) is 1.87. The summed E-state index contributed by atoms with van der Waals surface area (Å²) in [6.07, 6.45) is 2.96. The lowest BCUT2D eigenvalue weighted by atomic mass is 10.1. The Morgan fingerprint density at radius 3 is 3.00 bits per heavy atom. The van der Waals surface area contributed by atoms with E-state index in [1.54, 1.807) is 0 Å². The Morgan fingerprint density at radius 1 is 1.45 bits per heavy atom. The summed E-state index contributed by atoms with van der Waals surface area (Å²) in [5.41, 5.74) is 1.27. The van der Waals surface area contributed by atoms with Crippen molar-refractivity contribution in [2.75, 3.05) is 13.1 Å². The molecule has 20 heavy (non-hydrogen) atoms. The number of rotatable bonds is 4. The number of aryl methyl sites for hydroxylation is 1. The van der Waals surface area contributed by atoms with Gasteiger partial charge in [-0.2, -0.15) is 10.1 Å². The highest BCUT2D eigenvalue weighted by Gasteiger charge is 2.28. The Kier molecular flexibility index (Phi) is 3.56. The van der Waals surface area contributed by atoms with Crippen molar-refractivity contribution in [2.45, 2.75) is 45.7 Å². The molecule has 0 amide bonds. The second-order valence-corrected chi connectivity index (χ2v) is 5.76.